The van der Waals surface area contributed by atoms with Crippen molar-refractivity contribution in [3.05, 3.63) is 35.2 Å². The van der Waals surface area contributed by atoms with Gasteiger partial charge in [-0.25, -0.2) is 26.7 Å². The molecule has 0 spiro atoms. The Hall–Kier alpha value is -2.47. The number of hydrogen-bond acceptors (Lipinski definition) is 6. The molecular weight excluding hydrogens is 312 g/mol. The van der Waals surface area contributed by atoms with E-state index in [9.17, 15) is 22.0 Å². The number of carboxylic acids is 1. The average Bonchev–Trinajstić information content (AvgIpc) is 2.88. The van der Waals surface area contributed by atoms with Crippen molar-refractivity contribution in [2.75, 3.05) is 0 Å². The minimum Gasteiger partial charge on any atom is -0.477 e. The maximum atomic E-state index is 13.9. The van der Waals surface area contributed by atoms with Crippen molar-refractivity contribution < 1.29 is 27.1 Å². The van der Waals surface area contributed by atoms with E-state index in [1.807, 2.05) is 4.72 Å². The molecule has 2 rings (SSSR count). The fourth-order valence-corrected chi connectivity index (χ4v) is 2.49. The standard InChI is InChI=1S/C9H7F2N5O4S/c10-4-1-2-5(8(11)7(4)9(17)18)21(19,20)12-3-6-13-15-16-14-6/h1-2,12H,3H2,(H,17,18)(H,13,14,15,16). The van der Waals surface area contributed by atoms with Crippen LogP contribution in [0.3, 0.4) is 0 Å². The highest BCUT2D eigenvalue weighted by Crippen LogP contribution is 2.21. The van der Waals surface area contributed by atoms with Crippen molar-refractivity contribution in [3.8, 4) is 0 Å². The van der Waals surface area contributed by atoms with Crippen molar-refractivity contribution in [3.63, 3.8) is 0 Å². The predicted octanol–water partition coefficient (Wildman–Crippen LogP) is -0.345. The highest BCUT2D eigenvalue weighted by Gasteiger charge is 2.27. The Morgan fingerprint density at radius 1 is 1.38 bits per heavy atom. The molecule has 1 aromatic heterocycles. The van der Waals surface area contributed by atoms with Crippen molar-refractivity contribution in [1.82, 2.24) is 25.3 Å². The van der Waals surface area contributed by atoms with Crippen molar-refractivity contribution >= 4 is 16.0 Å². The number of aromatic carboxylic acids is 1. The smallest absolute Gasteiger partial charge is 0.341 e. The van der Waals surface area contributed by atoms with Crippen LogP contribution in [-0.2, 0) is 16.6 Å². The van der Waals surface area contributed by atoms with E-state index in [4.69, 9.17) is 5.11 Å². The van der Waals surface area contributed by atoms with E-state index in [0.717, 1.165) is 0 Å². The Morgan fingerprint density at radius 2 is 2.10 bits per heavy atom. The van der Waals surface area contributed by atoms with Gasteiger partial charge in [0.1, 0.15) is 16.3 Å². The Balaban J connectivity index is 2.36. The molecular formula is C9H7F2N5O4S. The number of benzene rings is 1. The van der Waals surface area contributed by atoms with Crippen LogP contribution < -0.4 is 4.72 Å². The number of aromatic nitrogens is 4. The molecule has 9 nitrogen and oxygen atoms in total. The van der Waals surface area contributed by atoms with Gasteiger partial charge in [0.25, 0.3) is 0 Å². The summed E-state index contributed by atoms with van der Waals surface area (Å²) in [6, 6.07) is 1.17. The Labute approximate surface area is 116 Å². The third-order valence-electron chi connectivity index (χ3n) is 2.37. The second-order valence-corrected chi connectivity index (χ2v) is 5.43. The van der Waals surface area contributed by atoms with Gasteiger partial charge in [-0.1, -0.05) is 5.21 Å². The normalized spacial score (nSPS) is 11.5. The lowest BCUT2D eigenvalue weighted by Gasteiger charge is -2.08. The van der Waals surface area contributed by atoms with E-state index in [2.05, 4.69) is 20.6 Å². The van der Waals surface area contributed by atoms with Crippen LogP contribution in [0.15, 0.2) is 17.0 Å². The van der Waals surface area contributed by atoms with Gasteiger partial charge in [-0.2, -0.15) is 5.21 Å². The zero-order valence-corrected chi connectivity index (χ0v) is 10.9. The third kappa shape index (κ3) is 3.00. The lowest BCUT2D eigenvalue weighted by atomic mass is 10.2. The fourth-order valence-electron chi connectivity index (χ4n) is 1.43. The first-order valence-electron chi connectivity index (χ1n) is 5.26. The summed E-state index contributed by atoms with van der Waals surface area (Å²) in [6.45, 7) is -0.405. The molecule has 2 aromatic rings. The van der Waals surface area contributed by atoms with Crippen LogP contribution >= 0.6 is 0 Å². The molecule has 0 bridgehead atoms. The molecule has 0 aliphatic rings. The van der Waals surface area contributed by atoms with E-state index in [1.165, 1.54) is 0 Å². The number of hydrogen-bond donors (Lipinski definition) is 3. The molecule has 0 aliphatic carbocycles. The van der Waals surface area contributed by atoms with Gasteiger partial charge >= 0.3 is 5.97 Å². The monoisotopic (exact) mass is 319 g/mol. The van der Waals surface area contributed by atoms with Gasteiger partial charge in [0, 0.05) is 0 Å². The number of halogens is 2. The SMILES string of the molecule is O=C(O)c1c(F)ccc(S(=O)(=O)NCc2nn[nH]n2)c1F. The van der Waals surface area contributed by atoms with Crippen LogP contribution in [0.5, 0.6) is 0 Å². The maximum Gasteiger partial charge on any atom is 0.341 e. The molecule has 1 aromatic carbocycles. The van der Waals surface area contributed by atoms with E-state index in [-0.39, 0.29) is 5.82 Å². The van der Waals surface area contributed by atoms with Gasteiger partial charge in [0.2, 0.25) is 10.0 Å². The minimum absolute atomic E-state index is 0.0143. The maximum absolute atomic E-state index is 13.9. The van der Waals surface area contributed by atoms with Crippen molar-refractivity contribution in [1.29, 1.82) is 0 Å². The number of nitrogens with one attached hydrogen (secondary N) is 2. The summed E-state index contributed by atoms with van der Waals surface area (Å²) in [4.78, 5) is 9.74. The Morgan fingerprint density at radius 3 is 2.67 bits per heavy atom. The lowest BCUT2D eigenvalue weighted by Crippen LogP contribution is -2.25. The molecule has 0 amide bonds. The van der Waals surface area contributed by atoms with E-state index >= 15 is 0 Å². The second-order valence-electron chi connectivity index (χ2n) is 3.69. The summed E-state index contributed by atoms with van der Waals surface area (Å²) in [6.07, 6.45) is 0. The van der Waals surface area contributed by atoms with Crippen LogP contribution in [0.1, 0.15) is 16.2 Å². The zero-order valence-electron chi connectivity index (χ0n) is 10.0. The highest BCUT2D eigenvalue weighted by molar-refractivity contribution is 7.89. The van der Waals surface area contributed by atoms with Gasteiger partial charge < -0.3 is 5.11 Å². The molecule has 0 unspecified atom stereocenters. The van der Waals surface area contributed by atoms with E-state index in [0.29, 0.717) is 12.1 Å². The number of sulfonamides is 1. The van der Waals surface area contributed by atoms with Gasteiger partial charge in [-0.05, 0) is 12.1 Å². The summed E-state index contributed by atoms with van der Waals surface area (Å²) in [5.74, 6) is -5.00. The molecule has 0 saturated carbocycles. The quantitative estimate of drug-likeness (QED) is 0.685. The molecule has 1 heterocycles. The van der Waals surface area contributed by atoms with Gasteiger partial charge in [0.15, 0.2) is 11.6 Å². The molecule has 112 valence electrons. The van der Waals surface area contributed by atoms with E-state index < -0.39 is 44.6 Å². The number of rotatable bonds is 5. The van der Waals surface area contributed by atoms with Crippen LogP contribution in [0.4, 0.5) is 8.78 Å². The van der Waals surface area contributed by atoms with Crippen molar-refractivity contribution in [2.24, 2.45) is 0 Å². The summed E-state index contributed by atoms with van der Waals surface area (Å²) < 4.78 is 52.8. The van der Waals surface area contributed by atoms with Gasteiger partial charge in [-0.15, -0.1) is 10.2 Å². The number of tetrazole rings is 1. The number of aromatic amines is 1. The highest BCUT2D eigenvalue weighted by atomic mass is 32.2. The molecule has 0 fully saturated rings. The van der Waals surface area contributed by atoms with Gasteiger partial charge in [-0.3, -0.25) is 0 Å². The summed E-state index contributed by atoms with van der Waals surface area (Å²) in [7, 11) is -4.42. The van der Waals surface area contributed by atoms with Crippen LogP contribution in [0.25, 0.3) is 0 Å². The fraction of sp³-hybridized carbons (Fsp3) is 0.111. The predicted molar refractivity (Wildman–Crippen MR) is 61.5 cm³/mol. The Bertz CT molecular complexity index is 778. The topological polar surface area (TPSA) is 138 Å². The summed E-state index contributed by atoms with van der Waals surface area (Å²) >= 11 is 0. The number of nitrogens with zero attached hydrogens (tertiary/aromatic N) is 3. The molecule has 21 heavy (non-hydrogen) atoms. The molecule has 0 atom stereocenters. The van der Waals surface area contributed by atoms with Crippen LogP contribution in [0, 0.1) is 11.6 Å². The van der Waals surface area contributed by atoms with Crippen molar-refractivity contribution in [2.45, 2.75) is 11.4 Å². The first-order valence-corrected chi connectivity index (χ1v) is 6.74. The van der Waals surface area contributed by atoms with Gasteiger partial charge in [0.05, 0.1) is 6.54 Å². The molecule has 12 heteroatoms. The van der Waals surface area contributed by atoms with Crippen LogP contribution in [-0.4, -0.2) is 40.1 Å². The number of H-pyrrole nitrogens is 1. The molecule has 0 radical (unpaired) electrons. The largest absolute Gasteiger partial charge is 0.477 e. The summed E-state index contributed by atoms with van der Waals surface area (Å²) in [5.41, 5.74) is -1.35. The van der Waals surface area contributed by atoms with Crippen LogP contribution in [0.2, 0.25) is 0 Å². The first kappa shape index (κ1) is 14.9. The Kier molecular flexibility index (Phi) is 3.90. The number of carboxylic acid groups (broad SMARTS) is 1. The average molecular weight is 319 g/mol. The molecule has 0 aliphatic heterocycles. The molecule has 3 N–H and O–H groups in total. The molecule has 0 saturated heterocycles. The minimum atomic E-state index is -4.42. The first-order chi connectivity index (χ1) is 9.83. The second kappa shape index (κ2) is 5.49. The van der Waals surface area contributed by atoms with E-state index in [1.54, 1.807) is 0 Å². The lowest BCUT2D eigenvalue weighted by molar-refractivity contribution is 0.0685. The third-order valence-corrected chi connectivity index (χ3v) is 3.79. The summed E-state index contributed by atoms with van der Waals surface area (Å²) in [5, 5.41) is 20.9. The zero-order chi connectivity index (χ0) is 15.6. The number of carbonyl (C=O) groups is 1.